The fraction of sp³-hybridized carbons (Fsp3) is 0.235. The van der Waals surface area contributed by atoms with Crippen LogP contribution < -0.4 is 5.32 Å². The molecule has 0 spiro atoms. The van der Waals surface area contributed by atoms with Crippen LogP contribution in [0.5, 0.6) is 0 Å². The molecule has 0 radical (unpaired) electrons. The zero-order chi connectivity index (χ0) is 15.1. The van der Waals surface area contributed by atoms with E-state index in [1.807, 2.05) is 59.9 Å². The lowest BCUT2D eigenvalue weighted by Crippen LogP contribution is -2.91. The maximum atomic E-state index is 11.9. The van der Waals surface area contributed by atoms with Gasteiger partial charge in [-0.25, -0.2) is 4.79 Å². The minimum absolute atomic E-state index is 0.201. The second-order valence-corrected chi connectivity index (χ2v) is 5.32. The van der Waals surface area contributed by atoms with Crippen LogP contribution in [0.2, 0.25) is 5.02 Å². The van der Waals surface area contributed by atoms with Gasteiger partial charge in [0, 0.05) is 17.0 Å². The largest absolute Gasteiger partial charge is 0.465 e. The molecule has 0 saturated carbocycles. The van der Waals surface area contributed by atoms with Gasteiger partial charge in [-0.3, -0.25) is 0 Å². The van der Waals surface area contributed by atoms with E-state index < -0.39 is 0 Å². The number of carbonyl (C=O) groups excluding carboxylic acids is 1. The summed E-state index contributed by atoms with van der Waals surface area (Å²) in [7, 11) is 1.43. The predicted octanol–water partition coefficient (Wildman–Crippen LogP) is 2.19. The van der Waals surface area contributed by atoms with Crippen molar-refractivity contribution in [3.8, 4) is 0 Å². The highest BCUT2D eigenvalue weighted by Gasteiger charge is 2.22. The summed E-state index contributed by atoms with van der Waals surface area (Å²) in [6.45, 7) is 0.712. The number of quaternary nitrogens is 1. The molecule has 0 fully saturated rings. The topological polar surface area (TPSA) is 42.9 Å². The number of rotatable bonds is 6. The number of ether oxygens (including phenoxy) is 1. The molecule has 2 N–H and O–H groups in total. The summed E-state index contributed by atoms with van der Waals surface area (Å²) in [5, 5.41) is 2.72. The van der Waals surface area contributed by atoms with Gasteiger partial charge in [-0.05, 0) is 17.7 Å². The Balaban J connectivity index is 1.99. The average molecular weight is 305 g/mol. The Hall–Kier alpha value is -1.84. The number of esters is 1. The van der Waals surface area contributed by atoms with E-state index >= 15 is 0 Å². The molecule has 21 heavy (non-hydrogen) atoms. The van der Waals surface area contributed by atoms with Crippen molar-refractivity contribution in [3.63, 3.8) is 0 Å². The smallest absolute Gasteiger partial charge is 0.364 e. The molecule has 110 valence electrons. The molecule has 1 atom stereocenters. The molecule has 0 unspecified atom stereocenters. The van der Waals surface area contributed by atoms with E-state index in [2.05, 4.69) is 0 Å². The van der Waals surface area contributed by atoms with Crippen LogP contribution in [0.4, 0.5) is 0 Å². The van der Waals surface area contributed by atoms with Gasteiger partial charge in [0.2, 0.25) is 0 Å². The van der Waals surface area contributed by atoms with Gasteiger partial charge in [0.1, 0.15) is 6.54 Å². The van der Waals surface area contributed by atoms with Crippen molar-refractivity contribution in [2.75, 3.05) is 7.11 Å². The summed E-state index contributed by atoms with van der Waals surface area (Å²) in [4.78, 5) is 11.9. The molecular weight excluding hydrogens is 286 g/mol. The third-order valence-corrected chi connectivity index (χ3v) is 3.61. The third kappa shape index (κ3) is 4.88. The number of nitrogens with two attached hydrogens (primary N) is 1. The van der Waals surface area contributed by atoms with E-state index in [1.54, 1.807) is 0 Å². The Morgan fingerprint density at radius 2 is 1.76 bits per heavy atom. The lowest BCUT2D eigenvalue weighted by Gasteiger charge is -2.13. The molecule has 2 aromatic rings. The number of hydrogen-bond acceptors (Lipinski definition) is 2. The van der Waals surface area contributed by atoms with Crippen molar-refractivity contribution in [1.29, 1.82) is 0 Å². The second kappa shape index (κ2) is 7.81. The Morgan fingerprint density at radius 1 is 1.10 bits per heavy atom. The van der Waals surface area contributed by atoms with Crippen molar-refractivity contribution in [2.24, 2.45) is 0 Å². The van der Waals surface area contributed by atoms with Gasteiger partial charge in [0.15, 0.2) is 6.04 Å². The number of halogens is 1. The van der Waals surface area contributed by atoms with Gasteiger partial charge < -0.3 is 10.1 Å². The second-order valence-electron chi connectivity index (χ2n) is 4.89. The Morgan fingerprint density at radius 3 is 2.38 bits per heavy atom. The van der Waals surface area contributed by atoms with Crippen molar-refractivity contribution >= 4 is 17.6 Å². The van der Waals surface area contributed by atoms with Crippen LogP contribution in [0, 0.1) is 0 Å². The van der Waals surface area contributed by atoms with E-state index in [0.717, 1.165) is 11.1 Å². The van der Waals surface area contributed by atoms with Crippen LogP contribution in [0.1, 0.15) is 11.1 Å². The quantitative estimate of drug-likeness (QED) is 0.831. The molecule has 0 aliphatic rings. The molecular formula is C17H19ClNO2+. The summed E-state index contributed by atoms with van der Waals surface area (Å²) >= 11 is 5.87. The monoisotopic (exact) mass is 304 g/mol. The molecule has 4 heteroatoms. The molecule has 0 heterocycles. The molecule has 0 saturated heterocycles. The van der Waals surface area contributed by atoms with Gasteiger partial charge in [0.25, 0.3) is 0 Å². The van der Waals surface area contributed by atoms with Gasteiger partial charge in [0.05, 0.1) is 7.11 Å². The summed E-state index contributed by atoms with van der Waals surface area (Å²) in [5.74, 6) is -0.201. The van der Waals surface area contributed by atoms with Gasteiger partial charge in [-0.2, -0.15) is 0 Å². The molecule has 0 aromatic heterocycles. The fourth-order valence-electron chi connectivity index (χ4n) is 2.18. The third-order valence-electron chi connectivity index (χ3n) is 3.35. The van der Waals surface area contributed by atoms with Crippen molar-refractivity contribution in [1.82, 2.24) is 0 Å². The highest BCUT2D eigenvalue weighted by Crippen LogP contribution is 2.08. The average Bonchev–Trinajstić information content (AvgIpc) is 2.53. The van der Waals surface area contributed by atoms with Gasteiger partial charge in [-0.15, -0.1) is 0 Å². The summed E-state index contributed by atoms with van der Waals surface area (Å²) in [5.41, 5.74) is 2.25. The van der Waals surface area contributed by atoms with E-state index in [0.29, 0.717) is 18.0 Å². The molecule has 2 rings (SSSR count). The van der Waals surface area contributed by atoms with Crippen LogP contribution in [0.15, 0.2) is 54.6 Å². The standard InChI is InChI=1S/C17H18ClNO2/c1-21-17(20)16(11-13-5-3-2-4-6-13)19-12-14-7-9-15(18)10-8-14/h2-10,16,19H,11-12H2,1H3/p+1/t16-/m0/s1. The maximum absolute atomic E-state index is 11.9. The Kier molecular flexibility index (Phi) is 5.78. The van der Waals surface area contributed by atoms with Crippen molar-refractivity contribution in [3.05, 3.63) is 70.7 Å². The minimum Gasteiger partial charge on any atom is -0.465 e. The highest BCUT2D eigenvalue weighted by atomic mass is 35.5. The Bertz CT molecular complexity index is 569. The van der Waals surface area contributed by atoms with Crippen molar-refractivity contribution < 1.29 is 14.8 Å². The van der Waals surface area contributed by atoms with E-state index in [-0.39, 0.29) is 12.0 Å². The summed E-state index contributed by atoms with van der Waals surface area (Å²) in [6.07, 6.45) is 0.654. The molecule has 0 aliphatic heterocycles. The van der Waals surface area contributed by atoms with E-state index in [1.165, 1.54) is 7.11 Å². The van der Waals surface area contributed by atoms with E-state index in [4.69, 9.17) is 16.3 Å². The predicted molar refractivity (Wildman–Crippen MR) is 83.0 cm³/mol. The zero-order valence-electron chi connectivity index (χ0n) is 12.0. The van der Waals surface area contributed by atoms with Crippen LogP contribution >= 0.6 is 11.6 Å². The minimum atomic E-state index is -0.243. The van der Waals surface area contributed by atoms with Crippen molar-refractivity contribution in [2.45, 2.75) is 19.0 Å². The number of carbonyl (C=O) groups is 1. The summed E-state index contributed by atoms with van der Waals surface area (Å²) in [6, 6.07) is 17.4. The summed E-state index contributed by atoms with van der Waals surface area (Å²) < 4.78 is 4.90. The molecule has 2 aromatic carbocycles. The fourth-order valence-corrected chi connectivity index (χ4v) is 2.31. The lowest BCUT2D eigenvalue weighted by molar-refractivity contribution is -0.693. The first-order valence-corrected chi connectivity index (χ1v) is 7.26. The van der Waals surface area contributed by atoms with Crippen LogP contribution in [-0.4, -0.2) is 19.1 Å². The molecule has 0 bridgehead atoms. The normalized spacial score (nSPS) is 11.9. The Labute approximate surface area is 129 Å². The number of benzene rings is 2. The van der Waals surface area contributed by atoms with Crippen LogP contribution in [-0.2, 0) is 22.5 Å². The molecule has 3 nitrogen and oxygen atoms in total. The molecule has 0 amide bonds. The lowest BCUT2D eigenvalue weighted by atomic mass is 10.1. The van der Waals surface area contributed by atoms with Gasteiger partial charge in [-0.1, -0.05) is 54.1 Å². The highest BCUT2D eigenvalue weighted by molar-refractivity contribution is 6.30. The SMILES string of the molecule is COC(=O)[C@H](Cc1ccccc1)[NH2+]Cc1ccc(Cl)cc1. The number of methoxy groups -OCH3 is 1. The zero-order valence-corrected chi connectivity index (χ0v) is 12.7. The van der Waals surface area contributed by atoms with Gasteiger partial charge >= 0.3 is 5.97 Å². The maximum Gasteiger partial charge on any atom is 0.364 e. The first-order chi connectivity index (χ1) is 10.2. The first kappa shape index (κ1) is 15.5. The van der Waals surface area contributed by atoms with E-state index in [9.17, 15) is 4.79 Å². The van der Waals surface area contributed by atoms with Crippen LogP contribution in [0.3, 0.4) is 0 Å². The van der Waals surface area contributed by atoms with Crippen LogP contribution in [0.25, 0.3) is 0 Å². The number of hydrogen-bond donors (Lipinski definition) is 1. The first-order valence-electron chi connectivity index (χ1n) is 6.88. The molecule has 0 aliphatic carbocycles.